The summed E-state index contributed by atoms with van der Waals surface area (Å²) >= 11 is 0. The molecular weight excluding hydrogens is 276 g/mol. The van der Waals surface area contributed by atoms with Crippen molar-refractivity contribution in [3.8, 4) is 5.75 Å². The van der Waals surface area contributed by atoms with E-state index in [1.165, 1.54) is 12.8 Å². The molecule has 0 aromatic heterocycles. The summed E-state index contributed by atoms with van der Waals surface area (Å²) in [6, 6.07) is 8.77. The minimum Gasteiger partial charge on any atom is -0.496 e. The number of methoxy groups -OCH3 is 1. The molecule has 4 heteroatoms. The Kier molecular flexibility index (Phi) is 4.67. The molecule has 0 bridgehead atoms. The number of amides is 1. The first-order valence-corrected chi connectivity index (χ1v) is 8.32. The molecule has 0 N–H and O–H groups in total. The topological polar surface area (TPSA) is 32.8 Å². The fourth-order valence-electron chi connectivity index (χ4n) is 4.04. The predicted octanol–water partition coefficient (Wildman–Crippen LogP) is 2.32. The number of ether oxygens (including phenoxy) is 1. The second-order valence-electron chi connectivity index (χ2n) is 6.48. The van der Waals surface area contributed by atoms with Crippen molar-refractivity contribution in [2.75, 3.05) is 27.2 Å². The smallest absolute Gasteiger partial charge is 0.227 e. The number of hydrogen-bond donors (Lipinski definition) is 0. The lowest BCUT2D eigenvalue weighted by Gasteiger charge is -2.33. The van der Waals surface area contributed by atoms with E-state index in [-0.39, 0.29) is 5.91 Å². The van der Waals surface area contributed by atoms with Crippen LogP contribution in [0, 0.1) is 0 Å². The first kappa shape index (κ1) is 15.3. The van der Waals surface area contributed by atoms with Crippen LogP contribution < -0.4 is 4.74 Å². The minimum atomic E-state index is 0.243. The van der Waals surface area contributed by atoms with Crippen LogP contribution in [0.3, 0.4) is 0 Å². The number of carbonyl (C=O) groups excluding carboxylic acids is 1. The van der Waals surface area contributed by atoms with Gasteiger partial charge in [-0.15, -0.1) is 0 Å². The molecule has 22 heavy (non-hydrogen) atoms. The molecule has 0 aliphatic carbocycles. The molecule has 3 rings (SSSR count). The van der Waals surface area contributed by atoms with Crippen molar-refractivity contribution in [3.05, 3.63) is 29.8 Å². The molecule has 0 spiro atoms. The first-order chi connectivity index (χ1) is 10.7. The van der Waals surface area contributed by atoms with Crippen molar-refractivity contribution in [2.24, 2.45) is 0 Å². The van der Waals surface area contributed by atoms with Crippen molar-refractivity contribution < 1.29 is 9.53 Å². The van der Waals surface area contributed by atoms with Crippen LogP contribution in [0.25, 0.3) is 0 Å². The van der Waals surface area contributed by atoms with Gasteiger partial charge in [0.2, 0.25) is 5.91 Å². The Morgan fingerprint density at radius 1 is 1.18 bits per heavy atom. The average Bonchev–Trinajstić information content (AvgIpc) is 3.16. The average molecular weight is 302 g/mol. The maximum absolute atomic E-state index is 12.8. The zero-order valence-corrected chi connectivity index (χ0v) is 13.6. The van der Waals surface area contributed by atoms with Crippen LogP contribution in [0.4, 0.5) is 0 Å². The third-order valence-electron chi connectivity index (χ3n) is 5.17. The van der Waals surface area contributed by atoms with Crippen LogP contribution in [-0.2, 0) is 11.2 Å². The fourth-order valence-corrected chi connectivity index (χ4v) is 4.04. The third-order valence-corrected chi connectivity index (χ3v) is 5.17. The van der Waals surface area contributed by atoms with E-state index in [9.17, 15) is 4.79 Å². The molecule has 2 heterocycles. The molecule has 1 aromatic rings. The highest BCUT2D eigenvalue weighted by Gasteiger charge is 2.38. The Hall–Kier alpha value is -1.55. The van der Waals surface area contributed by atoms with Crippen molar-refractivity contribution >= 4 is 5.91 Å². The van der Waals surface area contributed by atoms with Gasteiger partial charge < -0.3 is 14.5 Å². The number of carbonyl (C=O) groups is 1. The Morgan fingerprint density at radius 2 is 1.91 bits per heavy atom. The van der Waals surface area contributed by atoms with E-state index in [1.807, 2.05) is 24.3 Å². The number of rotatable bonds is 4. The monoisotopic (exact) mass is 302 g/mol. The Morgan fingerprint density at radius 3 is 2.64 bits per heavy atom. The van der Waals surface area contributed by atoms with Gasteiger partial charge in [0.25, 0.3) is 0 Å². The van der Waals surface area contributed by atoms with Crippen LogP contribution in [0.2, 0.25) is 0 Å². The quantitative estimate of drug-likeness (QED) is 0.856. The van der Waals surface area contributed by atoms with Crippen molar-refractivity contribution in [2.45, 2.75) is 44.2 Å². The summed E-state index contributed by atoms with van der Waals surface area (Å²) in [5.41, 5.74) is 0.987. The van der Waals surface area contributed by atoms with Crippen molar-refractivity contribution in [1.82, 2.24) is 9.80 Å². The number of likely N-dealkylation sites (tertiary alicyclic amines) is 2. The van der Waals surface area contributed by atoms with Gasteiger partial charge in [0, 0.05) is 24.2 Å². The van der Waals surface area contributed by atoms with Crippen LogP contribution in [0.15, 0.2) is 24.3 Å². The molecule has 2 aliphatic heterocycles. The number of para-hydroxylation sites is 1. The summed E-state index contributed by atoms with van der Waals surface area (Å²) in [6.07, 6.45) is 5.20. The van der Waals surface area contributed by atoms with E-state index in [2.05, 4.69) is 16.8 Å². The number of likely N-dealkylation sites (N-methyl/N-ethyl adjacent to an activating group) is 1. The molecule has 0 radical (unpaired) electrons. The van der Waals surface area contributed by atoms with Gasteiger partial charge in [0.15, 0.2) is 0 Å². The maximum Gasteiger partial charge on any atom is 0.227 e. The molecule has 2 fully saturated rings. The summed E-state index contributed by atoms with van der Waals surface area (Å²) in [5, 5.41) is 0. The van der Waals surface area contributed by atoms with Gasteiger partial charge in [-0.05, 0) is 45.3 Å². The highest BCUT2D eigenvalue weighted by atomic mass is 16.5. The zero-order chi connectivity index (χ0) is 15.5. The van der Waals surface area contributed by atoms with Crippen LogP contribution in [0.1, 0.15) is 31.2 Å². The van der Waals surface area contributed by atoms with E-state index in [0.717, 1.165) is 37.2 Å². The van der Waals surface area contributed by atoms with Gasteiger partial charge in [-0.25, -0.2) is 0 Å². The highest BCUT2D eigenvalue weighted by Crippen LogP contribution is 2.30. The minimum absolute atomic E-state index is 0.243. The molecule has 0 unspecified atom stereocenters. The fraction of sp³-hybridized carbons (Fsp3) is 0.611. The second-order valence-corrected chi connectivity index (χ2v) is 6.48. The summed E-state index contributed by atoms with van der Waals surface area (Å²) in [5.74, 6) is 1.05. The molecule has 2 aliphatic rings. The summed E-state index contributed by atoms with van der Waals surface area (Å²) in [7, 11) is 3.86. The second kappa shape index (κ2) is 6.69. The SMILES string of the molecule is COc1ccccc1CC(=O)N1CCC[C@@H]1[C@H]1CCCN1C. The molecule has 120 valence electrons. The third kappa shape index (κ3) is 2.98. The lowest BCUT2D eigenvalue weighted by molar-refractivity contribution is -0.132. The molecule has 2 atom stereocenters. The Balaban J connectivity index is 1.71. The molecule has 1 aromatic carbocycles. The van der Waals surface area contributed by atoms with E-state index in [0.29, 0.717) is 18.5 Å². The van der Waals surface area contributed by atoms with Crippen LogP contribution in [0.5, 0.6) is 5.75 Å². The summed E-state index contributed by atoms with van der Waals surface area (Å²) < 4.78 is 5.37. The summed E-state index contributed by atoms with van der Waals surface area (Å²) in [6.45, 7) is 2.07. The summed E-state index contributed by atoms with van der Waals surface area (Å²) in [4.78, 5) is 17.4. The maximum atomic E-state index is 12.8. The first-order valence-electron chi connectivity index (χ1n) is 8.32. The van der Waals surface area contributed by atoms with Gasteiger partial charge in [0.05, 0.1) is 13.5 Å². The van der Waals surface area contributed by atoms with Crippen molar-refractivity contribution in [3.63, 3.8) is 0 Å². The van der Waals surface area contributed by atoms with Gasteiger partial charge >= 0.3 is 0 Å². The molecule has 2 saturated heterocycles. The number of benzene rings is 1. The molecule has 1 amide bonds. The predicted molar refractivity (Wildman–Crippen MR) is 87.1 cm³/mol. The van der Waals surface area contributed by atoms with Crippen LogP contribution >= 0.6 is 0 Å². The lowest BCUT2D eigenvalue weighted by Crippen LogP contribution is -2.47. The van der Waals surface area contributed by atoms with E-state index >= 15 is 0 Å². The van der Waals surface area contributed by atoms with E-state index in [4.69, 9.17) is 4.74 Å². The standard InChI is InChI=1S/C18H26N2O2/c1-19-11-5-8-15(19)16-9-6-12-20(16)18(21)13-14-7-3-4-10-17(14)22-2/h3-4,7,10,15-16H,5-6,8-9,11-13H2,1-2H3/t15-,16-/m1/s1. The van der Waals surface area contributed by atoms with Crippen molar-refractivity contribution in [1.29, 1.82) is 0 Å². The Labute approximate surface area is 133 Å². The largest absolute Gasteiger partial charge is 0.496 e. The lowest BCUT2D eigenvalue weighted by atomic mass is 10.0. The normalized spacial score (nSPS) is 25.6. The molecule has 4 nitrogen and oxygen atoms in total. The van der Waals surface area contributed by atoms with Gasteiger partial charge in [0.1, 0.15) is 5.75 Å². The highest BCUT2D eigenvalue weighted by molar-refractivity contribution is 5.80. The van der Waals surface area contributed by atoms with E-state index < -0.39 is 0 Å². The van der Waals surface area contributed by atoms with Crippen LogP contribution in [-0.4, -0.2) is 55.0 Å². The Bertz CT molecular complexity index is 532. The van der Waals surface area contributed by atoms with Gasteiger partial charge in [-0.2, -0.15) is 0 Å². The van der Waals surface area contributed by atoms with Gasteiger partial charge in [-0.3, -0.25) is 4.79 Å². The number of hydrogen-bond acceptors (Lipinski definition) is 3. The number of nitrogens with zero attached hydrogens (tertiary/aromatic N) is 2. The molecular formula is C18H26N2O2. The van der Waals surface area contributed by atoms with E-state index in [1.54, 1.807) is 7.11 Å². The van der Waals surface area contributed by atoms with Gasteiger partial charge in [-0.1, -0.05) is 18.2 Å². The zero-order valence-electron chi connectivity index (χ0n) is 13.6. The molecule has 0 saturated carbocycles.